The second kappa shape index (κ2) is 6.18. The van der Waals surface area contributed by atoms with E-state index in [0.29, 0.717) is 0 Å². The zero-order valence-corrected chi connectivity index (χ0v) is 17.2. The molecule has 0 heterocycles. The fourth-order valence-electron chi connectivity index (χ4n) is 2.59. The molecule has 0 saturated carbocycles. The normalized spacial score (nSPS) is 15.8. The standard InChI is InChI=1S/C18H28BFO2P2/c1-23(2,3,17-13-9-7-10-14-17)21-19(20)22-24(4,5,6)18-15-11-8-12-16-18/h7-16H,1-6H3. The molecule has 0 aliphatic carbocycles. The molecule has 132 valence electrons. The number of halogens is 1. The summed E-state index contributed by atoms with van der Waals surface area (Å²) in [6, 6.07) is 19.7. The summed E-state index contributed by atoms with van der Waals surface area (Å²) in [6.07, 6.45) is 0. The number of hydrogen-bond acceptors (Lipinski definition) is 2. The van der Waals surface area contributed by atoms with Crippen LogP contribution >= 0.6 is 13.7 Å². The van der Waals surface area contributed by atoms with E-state index in [9.17, 15) is 4.32 Å². The van der Waals surface area contributed by atoms with Crippen LogP contribution in [0, 0.1) is 0 Å². The van der Waals surface area contributed by atoms with Gasteiger partial charge in [-0.3, -0.25) is 0 Å². The van der Waals surface area contributed by atoms with Crippen LogP contribution in [-0.4, -0.2) is 47.4 Å². The first-order valence-corrected chi connectivity index (χ1v) is 15.0. The summed E-state index contributed by atoms with van der Waals surface area (Å²) in [7, 11) is -1.76. The van der Waals surface area contributed by atoms with Crippen LogP contribution in [0.5, 0.6) is 0 Å². The summed E-state index contributed by atoms with van der Waals surface area (Å²) in [5.74, 6) is 0. The van der Waals surface area contributed by atoms with E-state index in [1.54, 1.807) is 0 Å². The van der Waals surface area contributed by atoms with Crippen LogP contribution < -0.4 is 10.6 Å². The van der Waals surface area contributed by atoms with Gasteiger partial charge in [-0.05, 0) is 0 Å². The van der Waals surface area contributed by atoms with Gasteiger partial charge in [-0.25, -0.2) is 0 Å². The molecule has 2 rings (SSSR count). The van der Waals surface area contributed by atoms with E-state index < -0.39 is 21.1 Å². The monoisotopic (exact) mass is 368 g/mol. The van der Waals surface area contributed by atoms with E-state index in [1.807, 2.05) is 101 Å². The molecule has 0 aromatic heterocycles. The molecule has 0 unspecified atom stereocenters. The molecule has 0 radical (unpaired) electrons. The van der Waals surface area contributed by atoms with Gasteiger partial charge in [0.1, 0.15) is 0 Å². The Morgan fingerprint density at radius 1 is 0.625 bits per heavy atom. The van der Waals surface area contributed by atoms with Crippen molar-refractivity contribution in [2.75, 3.05) is 40.0 Å². The van der Waals surface area contributed by atoms with Crippen molar-refractivity contribution in [2.45, 2.75) is 0 Å². The van der Waals surface area contributed by atoms with Crippen molar-refractivity contribution in [1.82, 2.24) is 0 Å². The third-order valence-electron chi connectivity index (χ3n) is 4.18. The molecule has 0 N–H and O–H groups in total. The summed E-state index contributed by atoms with van der Waals surface area (Å²) >= 11 is 0. The predicted octanol–water partition coefficient (Wildman–Crippen LogP) is 4.34. The van der Waals surface area contributed by atoms with E-state index in [2.05, 4.69) is 0 Å². The SMILES string of the molecule is CP(C)(C)(OB(F)OP(C)(C)(C)c1ccccc1)c1ccccc1. The summed E-state index contributed by atoms with van der Waals surface area (Å²) in [5.41, 5.74) is 0. The Morgan fingerprint density at radius 3 is 1.21 bits per heavy atom. The second-order valence-corrected chi connectivity index (χ2v) is 20.5. The Hall–Kier alpha value is -0.785. The molecule has 24 heavy (non-hydrogen) atoms. The fraction of sp³-hybridized carbons (Fsp3) is 0.333. The van der Waals surface area contributed by atoms with E-state index in [0.717, 1.165) is 10.6 Å². The van der Waals surface area contributed by atoms with Crippen molar-refractivity contribution in [2.24, 2.45) is 0 Å². The quantitative estimate of drug-likeness (QED) is 0.558. The van der Waals surface area contributed by atoms with Gasteiger partial charge < -0.3 is 0 Å². The molecule has 0 atom stereocenters. The Labute approximate surface area is 146 Å². The molecule has 6 heteroatoms. The molecule has 2 nitrogen and oxygen atoms in total. The first-order valence-electron chi connectivity index (χ1n) is 8.01. The number of benzene rings is 2. The van der Waals surface area contributed by atoms with Crippen molar-refractivity contribution in [3.8, 4) is 0 Å². The van der Waals surface area contributed by atoms with E-state index in [-0.39, 0.29) is 0 Å². The van der Waals surface area contributed by atoms with Crippen molar-refractivity contribution in [3.63, 3.8) is 0 Å². The average Bonchev–Trinajstić information content (AvgIpc) is 2.46. The zero-order chi connectivity index (χ0) is 18.1. The maximum atomic E-state index is 14.9. The van der Waals surface area contributed by atoms with E-state index in [4.69, 9.17) is 8.88 Å². The summed E-state index contributed by atoms with van der Waals surface area (Å²) in [5, 5.41) is 2.05. The predicted molar refractivity (Wildman–Crippen MR) is 111 cm³/mol. The number of hydrogen-bond donors (Lipinski definition) is 0. The van der Waals surface area contributed by atoms with Crippen LogP contribution in [0.15, 0.2) is 60.7 Å². The van der Waals surface area contributed by atoms with Crippen LogP contribution in [0.1, 0.15) is 0 Å². The van der Waals surface area contributed by atoms with Gasteiger partial charge in [0.25, 0.3) is 0 Å². The van der Waals surface area contributed by atoms with E-state index >= 15 is 0 Å². The minimum atomic E-state index is -2.84. The molecule has 0 fully saturated rings. The Morgan fingerprint density at radius 2 is 0.917 bits per heavy atom. The molecule has 0 aliphatic rings. The summed E-state index contributed by atoms with van der Waals surface area (Å²) < 4.78 is 26.7. The van der Waals surface area contributed by atoms with Crippen molar-refractivity contribution in [3.05, 3.63) is 60.7 Å². The minimum absolute atomic E-state index is 1.03. The molecule has 0 saturated heterocycles. The summed E-state index contributed by atoms with van der Waals surface area (Å²) in [4.78, 5) is 0. The van der Waals surface area contributed by atoms with Crippen molar-refractivity contribution < 1.29 is 13.2 Å². The number of rotatable bonds is 6. The molecule has 0 bridgehead atoms. The maximum absolute atomic E-state index is 14.9. The zero-order valence-electron chi connectivity index (χ0n) is 15.4. The van der Waals surface area contributed by atoms with Gasteiger partial charge in [-0.15, -0.1) is 0 Å². The molecule has 2 aromatic rings. The molecule has 2 aromatic carbocycles. The summed E-state index contributed by atoms with van der Waals surface area (Å²) in [6.45, 7) is 6.30. The first kappa shape index (κ1) is 19.5. The molecule has 0 spiro atoms. The van der Waals surface area contributed by atoms with Gasteiger partial charge in [0.15, 0.2) is 0 Å². The van der Waals surface area contributed by atoms with Gasteiger partial charge in [0.05, 0.1) is 0 Å². The van der Waals surface area contributed by atoms with Gasteiger partial charge in [0.2, 0.25) is 0 Å². The van der Waals surface area contributed by atoms with Gasteiger partial charge >= 0.3 is 146 Å². The van der Waals surface area contributed by atoms with Crippen molar-refractivity contribution >= 4 is 31.7 Å². The van der Waals surface area contributed by atoms with E-state index in [1.165, 1.54) is 0 Å². The molecule has 0 amide bonds. The van der Waals surface area contributed by atoms with Crippen LogP contribution in [0.2, 0.25) is 0 Å². The van der Waals surface area contributed by atoms with Crippen LogP contribution in [-0.2, 0) is 8.88 Å². The van der Waals surface area contributed by atoms with Crippen LogP contribution in [0.3, 0.4) is 0 Å². The van der Waals surface area contributed by atoms with Crippen LogP contribution in [0.4, 0.5) is 4.32 Å². The Balaban J connectivity index is 2.22. The molecular formula is C18H28BFO2P2. The molecule has 0 aliphatic heterocycles. The Bertz CT molecular complexity index is 629. The topological polar surface area (TPSA) is 18.5 Å². The molecular weight excluding hydrogens is 340 g/mol. The Kier molecular flexibility index (Phi) is 5.03. The third kappa shape index (κ3) is 4.64. The van der Waals surface area contributed by atoms with Crippen LogP contribution in [0.25, 0.3) is 0 Å². The van der Waals surface area contributed by atoms with Crippen molar-refractivity contribution in [1.29, 1.82) is 0 Å². The third-order valence-corrected chi connectivity index (χ3v) is 10.1. The average molecular weight is 368 g/mol. The van der Waals surface area contributed by atoms with Gasteiger partial charge in [-0.2, -0.15) is 0 Å². The van der Waals surface area contributed by atoms with Gasteiger partial charge in [-0.1, -0.05) is 0 Å². The van der Waals surface area contributed by atoms with Gasteiger partial charge in [0, 0.05) is 0 Å². The second-order valence-electron chi connectivity index (χ2n) is 8.46. The first-order chi connectivity index (χ1) is 10.9. The fourth-order valence-corrected chi connectivity index (χ4v) is 6.53.